The lowest BCUT2D eigenvalue weighted by Crippen LogP contribution is -2.52. The zero-order valence-corrected chi connectivity index (χ0v) is 17.0. The van der Waals surface area contributed by atoms with E-state index in [9.17, 15) is 0 Å². The van der Waals surface area contributed by atoms with Crippen molar-refractivity contribution in [3.8, 4) is 5.75 Å². The van der Waals surface area contributed by atoms with Gasteiger partial charge in [-0.25, -0.2) is 4.98 Å². The van der Waals surface area contributed by atoms with Crippen LogP contribution in [0.25, 0.3) is 0 Å². The molecule has 3 heterocycles. The molecule has 4 nitrogen and oxygen atoms in total. The number of benzene rings is 1. The second kappa shape index (κ2) is 6.40. The lowest BCUT2D eigenvalue weighted by molar-refractivity contribution is 0.248. The third-order valence-electron chi connectivity index (χ3n) is 6.16. The highest BCUT2D eigenvalue weighted by atomic mass is 16.5. The zero-order valence-electron chi connectivity index (χ0n) is 17.0. The van der Waals surface area contributed by atoms with Crippen molar-refractivity contribution in [2.24, 2.45) is 0 Å². The Morgan fingerprint density at radius 1 is 1.14 bits per heavy atom. The van der Waals surface area contributed by atoms with Gasteiger partial charge in [-0.2, -0.15) is 0 Å². The van der Waals surface area contributed by atoms with Crippen LogP contribution in [0, 0.1) is 0 Å². The highest BCUT2D eigenvalue weighted by Gasteiger charge is 2.42. The number of hydrogen-bond donors (Lipinski definition) is 0. The summed E-state index contributed by atoms with van der Waals surface area (Å²) < 4.78 is 6.49. The molecule has 0 radical (unpaired) electrons. The van der Waals surface area contributed by atoms with E-state index in [1.807, 2.05) is 12.3 Å². The predicted octanol–water partition coefficient (Wildman–Crippen LogP) is 4.89. The summed E-state index contributed by atoms with van der Waals surface area (Å²) >= 11 is 0. The normalized spacial score (nSPS) is 25.5. The van der Waals surface area contributed by atoms with Gasteiger partial charge in [0.1, 0.15) is 11.9 Å². The molecule has 0 saturated heterocycles. The molecule has 0 N–H and O–H groups in total. The maximum absolute atomic E-state index is 6.49. The van der Waals surface area contributed by atoms with Gasteiger partial charge in [0.25, 0.3) is 0 Å². The highest BCUT2D eigenvalue weighted by molar-refractivity contribution is 5.74. The Balaban J connectivity index is 1.61. The van der Waals surface area contributed by atoms with Crippen LogP contribution in [0.3, 0.4) is 0 Å². The zero-order chi connectivity index (χ0) is 19.4. The number of rotatable bonds is 2. The van der Waals surface area contributed by atoms with Crippen LogP contribution >= 0.6 is 0 Å². The molecule has 0 saturated carbocycles. The minimum atomic E-state index is 0.0215. The van der Waals surface area contributed by atoms with Gasteiger partial charge in [-0.1, -0.05) is 30.4 Å². The van der Waals surface area contributed by atoms with Crippen molar-refractivity contribution in [1.82, 2.24) is 4.98 Å². The quantitative estimate of drug-likeness (QED) is 0.749. The summed E-state index contributed by atoms with van der Waals surface area (Å²) in [5.74, 6) is 2.35. The van der Waals surface area contributed by atoms with Gasteiger partial charge in [0.05, 0.1) is 11.4 Å². The summed E-state index contributed by atoms with van der Waals surface area (Å²) in [6, 6.07) is 13.4. The molecule has 4 heteroatoms. The Labute approximate surface area is 167 Å². The van der Waals surface area contributed by atoms with Crippen molar-refractivity contribution in [2.45, 2.75) is 51.8 Å². The number of nitrogens with zero attached hydrogens (tertiary/aromatic N) is 3. The van der Waals surface area contributed by atoms with E-state index in [1.165, 1.54) is 22.5 Å². The second-order valence-electron chi connectivity index (χ2n) is 8.34. The number of pyridine rings is 1. The van der Waals surface area contributed by atoms with Crippen LogP contribution in [0.15, 0.2) is 66.0 Å². The van der Waals surface area contributed by atoms with Crippen LogP contribution in [0.1, 0.15) is 39.2 Å². The Kier molecular flexibility index (Phi) is 3.97. The van der Waals surface area contributed by atoms with Gasteiger partial charge in [0.15, 0.2) is 5.82 Å². The van der Waals surface area contributed by atoms with Gasteiger partial charge in [-0.3, -0.25) is 0 Å². The predicted molar refractivity (Wildman–Crippen MR) is 114 cm³/mol. The molecule has 0 amide bonds. The maximum Gasteiger partial charge on any atom is 0.153 e. The number of para-hydroxylation sites is 1. The third kappa shape index (κ3) is 2.47. The number of hydrogen-bond acceptors (Lipinski definition) is 4. The fraction of sp³-hybridized carbons (Fsp3) is 0.375. The van der Waals surface area contributed by atoms with Crippen molar-refractivity contribution in [2.75, 3.05) is 16.3 Å². The third-order valence-corrected chi connectivity index (χ3v) is 6.16. The SMILES string of the molecule is CC1=C(N2C[C@@H](C)N(C(C)C)c3ncccc32)C2Oc3ccccc3C2C=C1. The van der Waals surface area contributed by atoms with Gasteiger partial charge in [0.2, 0.25) is 0 Å². The average molecular weight is 374 g/mol. The van der Waals surface area contributed by atoms with E-state index in [-0.39, 0.29) is 12.0 Å². The van der Waals surface area contributed by atoms with Crippen LogP contribution in [-0.2, 0) is 0 Å². The van der Waals surface area contributed by atoms with Gasteiger partial charge in [0, 0.05) is 36.3 Å². The first-order chi connectivity index (χ1) is 13.6. The molecule has 1 aromatic heterocycles. The van der Waals surface area contributed by atoms with Crippen molar-refractivity contribution in [3.05, 3.63) is 71.6 Å². The van der Waals surface area contributed by atoms with Crippen molar-refractivity contribution >= 4 is 11.5 Å². The van der Waals surface area contributed by atoms with Crippen molar-refractivity contribution in [1.29, 1.82) is 0 Å². The number of anilines is 2. The van der Waals surface area contributed by atoms with Crippen molar-refractivity contribution < 1.29 is 4.74 Å². The van der Waals surface area contributed by atoms with Gasteiger partial charge in [-0.05, 0) is 51.5 Å². The smallest absolute Gasteiger partial charge is 0.153 e. The topological polar surface area (TPSA) is 28.6 Å². The Hall–Kier alpha value is -2.75. The molecule has 28 heavy (non-hydrogen) atoms. The first-order valence-electron chi connectivity index (χ1n) is 10.2. The van der Waals surface area contributed by atoms with E-state index >= 15 is 0 Å². The first-order valence-corrected chi connectivity index (χ1v) is 10.2. The fourth-order valence-corrected chi connectivity index (χ4v) is 5.03. The lowest BCUT2D eigenvalue weighted by atomic mass is 9.86. The lowest BCUT2D eigenvalue weighted by Gasteiger charge is -2.46. The van der Waals surface area contributed by atoms with Crippen LogP contribution in [0.4, 0.5) is 11.5 Å². The molecule has 1 aromatic carbocycles. The summed E-state index contributed by atoms with van der Waals surface area (Å²) in [5.41, 5.74) is 5.01. The second-order valence-corrected chi connectivity index (χ2v) is 8.34. The molecule has 0 bridgehead atoms. The van der Waals surface area contributed by atoms with Gasteiger partial charge in [-0.15, -0.1) is 0 Å². The summed E-state index contributed by atoms with van der Waals surface area (Å²) in [6.07, 6.45) is 6.48. The minimum absolute atomic E-state index is 0.0215. The number of allylic oxidation sites excluding steroid dienone is 2. The molecular weight excluding hydrogens is 346 g/mol. The maximum atomic E-state index is 6.49. The molecule has 2 aliphatic heterocycles. The summed E-state index contributed by atoms with van der Waals surface area (Å²) in [5, 5.41) is 0. The molecule has 2 unspecified atom stereocenters. The molecule has 144 valence electrons. The van der Waals surface area contributed by atoms with E-state index in [0.29, 0.717) is 12.1 Å². The average Bonchev–Trinajstić information content (AvgIpc) is 3.05. The molecular formula is C24H27N3O. The Bertz CT molecular complexity index is 977. The van der Waals surface area contributed by atoms with Crippen LogP contribution in [-0.4, -0.2) is 29.7 Å². The van der Waals surface area contributed by atoms with E-state index in [1.54, 1.807) is 0 Å². The van der Waals surface area contributed by atoms with Crippen LogP contribution in [0.2, 0.25) is 0 Å². The monoisotopic (exact) mass is 373 g/mol. The fourth-order valence-electron chi connectivity index (χ4n) is 5.03. The standard InChI is InChI=1S/C24H27N3O/c1-15(2)27-17(4)14-26(20-9-7-13-25-24(20)27)22-16(3)11-12-19-18-8-5-6-10-21(18)28-23(19)22/h5-13,15,17,19,23H,14H2,1-4H3/t17-,19?,23?/m1/s1. The molecule has 3 atom stereocenters. The summed E-state index contributed by atoms with van der Waals surface area (Å²) in [6.45, 7) is 9.90. The van der Waals surface area contributed by atoms with Crippen LogP contribution in [0.5, 0.6) is 5.75 Å². The van der Waals surface area contributed by atoms with E-state index < -0.39 is 0 Å². The summed E-state index contributed by atoms with van der Waals surface area (Å²) in [4.78, 5) is 9.66. The molecule has 1 aliphatic carbocycles. The summed E-state index contributed by atoms with van der Waals surface area (Å²) in [7, 11) is 0. The van der Waals surface area contributed by atoms with E-state index in [0.717, 1.165) is 18.1 Å². The van der Waals surface area contributed by atoms with Crippen LogP contribution < -0.4 is 14.5 Å². The van der Waals surface area contributed by atoms with Gasteiger partial charge >= 0.3 is 0 Å². The molecule has 0 spiro atoms. The van der Waals surface area contributed by atoms with Gasteiger partial charge < -0.3 is 14.5 Å². The molecule has 5 rings (SSSR count). The number of fused-ring (bicyclic) bond motifs is 4. The molecule has 0 fully saturated rings. The first kappa shape index (κ1) is 17.4. The molecule has 3 aliphatic rings. The Morgan fingerprint density at radius 2 is 1.96 bits per heavy atom. The Morgan fingerprint density at radius 3 is 2.79 bits per heavy atom. The highest BCUT2D eigenvalue weighted by Crippen LogP contribution is 2.48. The number of ether oxygens (including phenoxy) is 1. The van der Waals surface area contributed by atoms with E-state index in [4.69, 9.17) is 9.72 Å². The molecule has 2 aromatic rings. The van der Waals surface area contributed by atoms with E-state index in [2.05, 4.69) is 80.0 Å². The minimum Gasteiger partial charge on any atom is -0.483 e. The van der Waals surface area contributed by atoms with Crippen molar-refractivity contribution in [3.63, 3.8) is 0 Å². The number of aromatic nitrogens is 1. The largest absolute Gasteiger partial charge is 0.483 e.